The van der Waals surface area contributed by atoms with E-state index in [0.717, 1.165) is 0 Å². The van der Waals surface area contributed by atoms with Crippen molar-refractivity contribution in [1.82, 2.24) is 31.9 Å². The fraction of sp³-hybridized carbons (Fsp3) is 0.625. The quantitative estimate of drug-likeness (QED) is 0.0146. The molecule has 0 unspecified atom stereocenters. The van der Waals surface area contributed by atoms with Crippen LogP contribution in [-0.4, -0.2) is 112 Å². The molecular formula is C40H66N12O11. The van der Waals surface area contributed by atoms with E-state index in [-0.39, 0.29) is 49.8 Å². The van der Waals surface area contributed by atoms with E-state index in [0.29, 0.717) is 24.8 Å². The number of nitro benzene ring substituents is 1. The standard InChI is InChI=1S/C40H66N12O11/c1-7-8-11-27(33(42)55)47-34(56)23(6)46-36(58)28(16-17-31(53)54)48-38(60)30(20-24-12-14-25(15-13-24)52(62)63)49-37(59)29(19-21(2)3)50-39(61)32(22(4)5)51-35(57)26(41)10-9-18-45-40(43)44/h12-15,21-23,26-30,32H,7-11,16-20,41H2,1-6H3,(H2,42,55)(H,46,58)(H,47,56)(H,48,60)(H,49,59)(H,50,61)(H,51,57)(H,53,54)(H4,43,44,45)/t23-,26-,27-,28-,29-,30-,32-/m0/s1. The SMILES string of the molecule is CCCC[C@H](NC(=O)[C@H](C)NC(=O)[C@H](CCC(=O)O)NC(=O)[C@H](Cc1ccc([N+](=O)[O-])cc1)NC(=O)[C@H](CC(C)C)NC(=O)[C@@H](NC(=O)[C@@H](N)CCCN=C(N)N)C(C)C)C(N)=O. The number of carbonyl (C=O) groups is 8. The number of primary amides is 1. The van der Waals surface area contributed by atoms with Crippen molar-refractivity contribution in [2.45, 2.75) is 142 Å². The third-order valence-corrected chi connectivity index (χ3v) is 9.65. The number of nitro groups is 1. The number of hydrogen-bond donors (Lipinski definition) is 11. The first-order valence-electron chi connectivity index (χ1n) is 20.8. The molecule has 23 nitrogen and oxygen atoms in total. The Morgan fingerprint density at radius 1 is 0.698 bits per heavy atom. The van der Waals surface area contributed by atoms with Crippen molar-refractivity contribution in [2.24, 2.45) is 39.8 Å². The van der Waals surface area contributed by atoms with E-state index in [1.165, 1.54) is 31.2 Å². The number of amides is 7. The second-order valence-electron chi connectivity index (χ2n) is 16.0. The Labute approximate surface area is 366 Å². The highest BCUT2D eigenvalue weighted by atomic mass is 16.6. The van der Waals surface area contributed by atoms with Gasteiger partial charge in [-0.1, -0.05) is 59.6 Å². The van der Waals surface area contributed by atoms with Crippen molar-refractivity contribution in [3.05, 3.63) is 39.9 Å². The molecule has 0 saturated carbocycles. The number of guanidine groups is 1. The molecule has 7 atom stereocenters. The second-order valence-corrected chi connectivity index (χ2v) is 16.0. The van der Waals surface area contributed by atoms with E-state index in [4.69, 9.17) is 22.9 Å². The lowest BCUT2D eigenvalue weighted by molar-refractivity contribution is -0.384. The Morgan fingerprint density at radius 3 is 1.78 bits per heavy atom. The smallest absolute Gasteiger partial charge is 0.303 e. The van der Waals surface area contributed by atoms with Crippen molar-refractivity contribution >= 4 is 59.0 Å². The number of benzene rings is 1. The van der Waals surface area contributed by atoms with Gasteiger partial charge in [-0.05, 0) is 56.4 Å². The Balaban J connectivity index is 3.45. The summed E-state index contributed by atoms with van der Waals surface area (Å²) in [5.74, 6) is -7.76. The predicted octanol–water partition coefficient (Wildman–Crippen LogP) is -1.31. The lowest BCUT2D eigenvalue weighted by Gasteiger charge is -2.29. The fourth-order valence-corrected chi connectivity index (χ4v) is 6.06. The van der Waals surface area contributed by atoms with Crippen molar-refractivity contribution in [3.63, 3.8) is 0 Å². The molecule has 0 aromatic heterocycles. The van der Waals surface area contributed by atoms with Crippen molar-refractivity contribution in [2.75, 3.05) is 6.54 Å². The number of rotatable bonds is 29. The van der Waals surface area contributed by atoms with Gasteiger partial charge in [0.2, 0.25) is 41.4 Å². The minimum atomic E-state index is -1.56. The predicted molar refractivity (Wildman–Crippen MR) is 232 cm³/mol. The summed E-state index contributed by atoms with van der Waals surface area (Å²) in [6.45, 7) is 10.3. The molecule has 1 aromatic carbocycles. The van der Waals surface area contributed by atoms with Gasteiger partial charge >= 0.3 is 5.97 Å². The molecule has 352 valence electrons. The number of aliphatic imine (C=N–C) groups is 1. The van der Waals surface area contributed by atoms with Crippen LogP contribution in [-0.2, 0) is 44.8 Å². The van der Waals surface area contributed by atoms with Gasteiger partial charge in [0.15, 0.2) is 5.96 Å². The van der Waals surface area contributed by atoms with E-state index >= 15 is 0 Å². The van der Waals surface area contributed by atoms with Crippen LogP contribution in [0.15, 0.2) is 29.3 Å². The monoisotopic (exact) mass is 890 g/mol. The van der Waals surface area contributed by atoms with Gasteiger partial charge in [-0.25, -0.2) is 0 Å². The molecular weight excluding hydrogens is 825 g/mol. The third kappa shape index (κ3) is 20.8. The van der Waals surface area contributed by atoms with Gasteiger partial charge in [-0.3, -0.25) is 53.5 Å². The number of nitrogens with two attached hydrogens (primary N) is 4. The average Bonchev–Trinajstić information content (AvgIpc) is 3.20. The van der Waals surface area contributed by atoms with Crippen LogP contribution in [0.2, 0.25) is 0 Å². The largest absolute Gasteiger partial charge is 0.481 e. The summed E-state index contributed by atoms with van der Waals surface area (Å²) in [5.41, 5.74) is 22.2. The minimum absolute atomic E-state index is 0.0607. The highest BCUT2D eigenvalue weighted by Crippen LogP contribution is 2.15. The van der Waals surface area contributed by atoms with Crippen LogP contribution in [0.1, 0.15) is 98.5 Å². The first kappa shape index (κ1) is 54.6. The summed E-state index contributed by atoms with van der Waals surface area (Å²) < 4.78 is 0. The zero-order chi connectivity index (χ0) is 48.0. The molecule has 1 aromatic rings. The molecule has 0 bridgehead atoms. The summed E-state index contributed by atoms with van der Waals surface area (Å²) in [7, 11) is 0. The number of non-ortho nitro benzene ring substituents is 1. The first-order valence-corrected chi connectivity index (χ1v) is 20.8. The topological polar surface area (TPSA) is 389 Å². The molecule has 63 heavy (non-hydrogen) atoms. The van der Waals surface area contributed by atoms with Gasteiger partial charge in [0.05, 0.1) is 11.0 Å². The molecule has 0 aliphatic rings. The van der Waals surface area contributed by atoms with E-state index in [1.54, 1.807) is 27.7 Å². The van der Waals surface area contributed by atoms with Crippen LogP contribution < -0.4 is 54.8 Å². The molecule has 0 heterocycles. The zero-order valence-electron chi connectivity index (χ0n) is 36.8. The van der Waals surface area contributed by atoms with Crippen LogP contribution in [0.5, 0.6) is 0 Å². The van der Waals surface area contributed by atoms with E-state index < -0.39 is 113 Å². The maximum atomic E-state index is 14.1. The summed E-state index contributed by atoms with van der Waals surface area (Å²) in [6.07, 6.45) is 0.862. The number of hydrogen-bond acceptors (Lipinski definition) is 12. The molecule has 0 aliphatic heterocycles. The molecule has 0 aliphatic carbocycles. The van der Waals surface area contributed by atoms with Crippen LogP contribution in [0.25, 0.3) is 0 Å². The van der Waals surface area contributed by atoms with Crippen molar-refractivity contribution < 1.29 is 48.4 Å². The third-order valence-electron chi connectivity index (χ3n) is 9.65. The van der Waals surface area contributed by atoms with Crippen LogP contribution in [0.4, 0.5) is 5.69 Å². The highest BCUT2D eigenvalue weighted by molar-refractivity contribution is 5.97. The Bertz CT molecular complexity index is 1770. The summed E-state index contributed by atoms with van der Waals surface area (Å²) in [6, 6.07) is -3.70. The summed E-state index contributed by atoms with van der Waals surface area (Å²) in [4.78, 5) is 119. The van der Waals surface area contributed by atoms with Crippen LogP contribution in [0, 0.1) is 22.0 Å². The van der Waals surface area contributed by atoms with Crippen LogP contribution in [0.3, 0.4) is 0 Å². The molecule has 15 N–H and O–H groups in total. The number of nitrogens with one attached hydrogen (secondary N) is 6. The minimum Gasteiger partial charge on any atom is -0.481 e. The molecule has 1 rings (SSSR count). The number of unbranched alkanes of at least 4 members (excludes halogenated alkanes) is 1. The van der Waals surface area contributed by atoms with Crippen molar-refractivity contribution in [1.29, 1.82) is 0 Å². The molecule has 0 spiro atoms. The van der Waals surface area contributed by atoms with Crippen LogP contribution >= 0.6 is 0 Å². The lowest BCUT2D eigenvalue weighted by atomic mass is 9.98. The Kier molecular flexibility index (Phi) is 23.9. The highest BCUT2D eigenvalue weighted by Gasteiger charge is 2.34. The second kappa shape index (κ2) is 27.5. The van der Waals surface area contributed by atoms with Gasteiger partial charge < -0.3 is 59.9 Å². The lowest BCUT2D eigenvalue weighted by Crippen LogP contribution is -2.60. The number of aliphatic carboxylic acids is 1. The average molecular weight is 891 g/mol. The Morgan fingerprint density at radius 2 is 1.25 bits per heavy atom. The number of carboxylic acids is 1. The maximum Gasteiger partial charge on any atom is 0.303 e. The fourth-order valence-electron chi connectivity index (χ4n) is 6.06. The summed E-state index contributed by atoms with van der Waals surface area (Å²) in [5, 5.41) is 36.0. The first-order chi connectivity index (χ1) is 29.5. The molecule has 7 amide bonds. The molecule has 0 fully saturated rings. The zero-order valence-corrected chi connectivity index (χ0v) is 36.8. The number of nitrogens with zero attached hydrogens (tertiary/aromatic N) is 2. The van der Waals surface area contributed by atoms with E-state index in [2.05, 4.69) is 36.9 Å². The molecule has 0 saturated heterocycles. The molecule has 23 heteroatoms. The van der Waals surface area contributed by atoms with E-state index in [1.807, 2.05) is 6.92 Å². The number of carbonyl (C=O) groups excluding carboxylic acids is 7. The number of carboxylic acid groups (broad SMARTS) is 1. The normalized spacial score (nSPS) is 14.4. The van der Waals surface area contributed by atoms with Gasteiger partial charge in [-0.2, -0.15) is 0 Å². The molecule has 0 radical (unpaired) electrons. The Hall–Kier alpha value is -6.39. The van der Waals surface area contributed by atoms with Gasteiger partial charge in [0.25, 0.3) is 5.69 Å². The van der Waals surface area contributed by atoms with Gasteiger partial charge in [-0.15, -0.1) is 0 Å². The summed E-state index contributed by atoms with van der Waals surface area (Å²) >= 11 is 0. The maximum absolute atomic E-state index is 14.1. The van der Waals surface area contributed by atoms with Gasteiger partial charge in [0, 0.05) is 31.5 Å². The van der Waals surface area contributed by atoms with Gasteiger partial charge in [0.1, 0.15) is 36.3 Å². The van der Waals surface area contributed by atoms with Crippen molar-refractivity contribution in [3.8, 4) is 0 Å². The van der Waals surface area contributed by atoms with E-state index in [9.17, 15) is 53.6 Å².